The zero-order chi connectivity index (χ0) is 15.2. The van der Waals surface area contributed by atoms with Crippen LogP contribution in [0.5, 0.6) is 0 Å². The van der Waals surface area contributed by atoms with Crippen LogP contribution in [0.1, 0.15) is 49.9 Å². The Kier molecular flexibility index (Phi) is 5.79. The molecule has 0 spiro atoms. The number of hydrogen-bond acceptors (Lipinski definition) is 3. The molecule has 0 saturated heterocycles. The monoisotopic (exact) mass is 308 g/mol. The van der Waals surface area contributed by atoms with Gasteiger partial charge in [0.05, 0.1) is 0 Å². The van der Waals surface area contributed by atoms with E-state index in [1.165, 1.54) is 24.2 Å². The summed E-state index contributed by atoms with van der Waals surface area (Å²) < 4.78 is 0. The highest BCUT2D eigenvalue weighted by Gasteiger charge is 2.27. The molecule has 2 amide bonds. The van der Waals surface area contributed by atoms with Crippen molar-refractivity contribution in [2.75, 3.05) is 6.54 Å². The highest BCUT2D eigenvalue weighted by Crippen LogP contribution is 2.29. The van der Waals surface area contributed by atoms with Gasteiger partial charge >= 0.3 is 0 Å². The van der Waals surface area contributed by atoms with E-state index in [1.807, 2.05) is 5.38 Å². The molecule has 2 N–H and O–H groups in total. The van der Waals surface area contributed by atoms with E-state index < -0.39 is 0 Å². The Morgan fingerprint density at radius 2 is 2.14 bits per heavy atom. The lowest BCUT2D eigenvalue weighted by Crippen LogP contribution is -2.44. The number of carbonyl (C=O) groups is 2. The SMILES string of the molecule is CC1CCCC(NC(=O)CCNC(=O)c2ccsc2)C1C. The van der Waals surface area contributed by atoms with Crippen LogP contribution in [-0.4, -0.2) is 24.4 Å². The van der Waals surface area contributed by atoms with Crippen LogP contribution < -0.4 is 10.6 Å². The smallest absolute Gasteiger partial charge is 0.252 e. The number of thiophene rings is 1. The minimum Gasteiger partial charge on any atom is -0.353 e. The van der Waals surface area contributed by atoms with Crippen LogP contribution in [0.2, 0.25) is 0 Å². The van der Waals surface area contributed by atoms with Crippen LogP contribution in [-0.2, 0) is 4.79 Å². The molecule has 1 saturated carbocycles. The standard InChI is InChI=1S/C16H24N2O2S/c1-11-4-3-5-14(12(11)2)18-15(19)6-8-17-16(20)13-7-9-21-10-13/h7,9-12,14H,3-6,8H2,1-2H3,(H,17,20)(H,18,19). The topological polar surface area (TPSA) is 58.2 Å². The normalized spacial score (nSPS) is 25.3. The van der Waals surface area contributed by atoms with Crippen molar-refractivity contribution in [3.05, 3.63) is 22.4 Å². The lowest BCUT2D eigenvalue weighted by Gasteiger charge is -2.34. The fourth-order valence-electron chi connectivity index (χ4n) is 2.85. The van der Waals surface area contributed by atoms with Crippen molar-refractivity contribution in [3.8, 4) is 0 Å². The van der Waals surface area contributed by atoms with Crippen molar-refractivity contribution in [3.63, 3.8) is 0 Å². The maximum absolute atomic E-state index is 12.0. The molecule has 3 atom stereocenters. The predicted molar refractivity (Wildman–Crippen MR) is 85.4 cm³/mol. The molecule has 1 aromatic heterocycles. The largest absolute Gasteiger partial charge is 0.353 e. The van der Waals surface area contributed by atoms with Crippen LogP contribution in [0, 0.1) is 11.8 Å². The molecule has 1 aliphatic rings. The van der Waals surface area contributed by atoms with Gasteiger partial charge in [-0.1, -0.05) is 26.7 Å². The van der Waals surface area contributed by atoms with E-state index in [1.54, 1.807) is 11.4 Å². The molecule has 21 heavy (non-hydrogen) atoms. The summed E-state index contributed by atoms with van der Waals surface area (Å²) in [5, 5.41) is 9.57. The lowest BCUT2D eigenvalue weighted by molar-refractivity contribution is -0.122. The van der Waals surface area contributed by atoms with Gasteiger partial charge in [-0.05, 0) is 29.7 Å². The third-order valence-electron chi connectivity index (χ3n) is 4.47. The third-order valence-corrected chi connectivity index (χ3v) is 5.16. The zero-order valence-corrected chi connectivity index (χ0v) is 13.5. The van der Waals surface area contributed by atoms with E-state index in [0.29, 0.717) is 30.4 Å². The second-order valence-corrected chi connectivity index (χ2v) is 6.74. The van der Waals surface area contributed by atoms with Gasteiger partial charge in [-0.2, -0.15) is 11.3 Å². The molecule has 4 nitrogen and oxygen atoms in total. The van der Waals surface area contributed by atoms with E-state index in [4.69, 9.17) is 0 Å². The Morgan fingerprint density at radius 1 is 1.33 bits per heavy atom. The summed E-state index contributed by atoms with van der Waals surface area (Å²) in [4.78, 5) is 23.7. The molecule has 5 heteroatoms. The van der Waals surface area contributed by atoms with Crippen LogP contribution in [0.25, 0.3) is 0 Å². The minimum atomic E-state index is -0.108. The maximum atomic E-state index is 12.0. The number of hydrogen-bond donors (Lipinski definition) is 2. The van der Waals surface area contributed by atoms with Crippen LogP contribution in [0.4, 0.5) is 0 Å². The fourth-order valence-corrected chi connectivity index (χ4v) is 3.49. The van der Waals surface area contributed by atoms with E-state index >= 15 is 0 Å². The highest BCUT2D eigenvalue weighted by molar-refractivity contribution is 7.08. The lowest BCUT2D eigenvalue weighted by atomic mass is 9.78. The van der Waals surface area contributed by atoms with Gasteiger partial charge in [0.25, 0.3) is 5.91 Å². The molecule has 0 radical (unpaired) electrons. The summed E-state index contributed by atoms with van der Waals surface area (Å²) in [6.07, 6.45) is 3.85. The number of rotatable bonds is 5. The summed E-state index contributed by atoms with van der Waals surface area (Å²) >= 11 is 1.49. The predicted octanol–water partition coefficient (Wildman–Crippen LogP) is 2.81. The van der Waals surface area contributed by atoms with Crippen LogP contribution in [0.3, 0.4) is 0 Å². The molecule has 1 aliphatic carbocycles. The van der Waals surface area contributed by atoms with Gasteiger partial charge in [-0.15, -0.1) is 0 Å². The average Bonchev–Trinajstić information content (AvgIpc) is 2.98. The Hall–Kier alpha value is -1.36. The molecule has 1 aromatic rings. The van der Waals surface area contributed by atoms with Crippen molar-refractivity contribution in [2.24, 2.45) is 11.8 Å². The van der Waals surface area contributed by atoms with E-state index in [0.717, 1.165) is 6.42 Å². The molecule has 1 fully saturated rings. The highest BCUT2D eigenvalue weighted by atomic mass is 32.1. The summed E-state index contributed by atoms with van der Waals surface area (Å²) in [5.74, 6) is 1.13. The van der Waals surface area contributed by atoms with E-state index in [-0.39, 0.29) is 17.9 Å². The van der Waals surface area contributed by atoms with Crippen molar-refractivity contribution in [2.45, 2.75) is 45.6 Å². The van der Waals surface area contributed by atoms with Gasteiger partial charge in [0.15, 0.2) is 0 Å². The average molecular weight is 308 g/mol. The third kappa shape index (κ3) is 4.56. The Labute approximate surface area is 130 Å². The second kappa shape index (κ2) is 7.59. The summed E-state index contributed by atoms with van der Waals surface area (Å²) in [6, 6.07) is 2.07. The number of amides is 2. The number of nitrogens with one attached hydrogen (secondary N) is 2. The molecule has 116 valence electrons. The zero-order valence-electron chi connectivity index (χ0n) is 12.7. The van der Waals surface area contributed by atoms with E-state index in [9.17, 15) is 9.59 Å². The quantitative estimate of drug-likeness (QED) is 0.879. The first kappa shape index (κ1) is 16.0. The molecule has 3 unspecified atom stereocenters. The first-order valence-corrected chi connectivity index (χ1v) is 8.62. The van der Waals surface area contributed by atoms with Gasteiger partial charge in [-0.3, -0.25) is 9.59 Å². The number of carbonyl (C=O) groups excluding carboxylic acids is 2. The van der Waals surface area contributed by atoms with Gasteiger partial charge in [0.1, 0.15) is 0 Å². The summed E-state index contributed by atoms with van der Waals surface area (Å²) in [5.41, 5.74) is 0.662. The molecule has 0 bridgehead atoms. The van der Waals surface area contributed by atoms with Crippen LogP contribution in [0.15, 0.2) is 16.8 Å². The van der Waals surface area contributed by atoms with Crippen LogP contribution >= 0.6 is 11.3 Å². The van der Waals surface area contributed by atoms with E-state index in [2.05, 4.69) is 24.5 Å². The Balaban J connectivity index is 1.69. The van der Waals surface area contributed by atoms with Crippen molar-refractivity contribution in [1.29, 1.82) is 0 Å². The maximum Gasteiger partial charge on any atom is 0.252 e. The van der Waals surface area contributed by atoms with Gasteiger partial charge < -0.3 is 10.6 Å². The molecular formula is C16H24N2O2S. The molecule has 2 rings (SSSR count). The molecule has 1 heterocycles. The van der Waals surface area contributed by atoms with Gasteiger partial charge in [0.2, 0.25) is 5.91 Å². The summed E-state index contributed by atoms with van der Waals surface area (Å²) in [6.45, 7) is 4.86. The second-order valence-electron chi connectivity index (χ2n) is 5.96. The fraction of sp³-hybridized carbons (Fsp3) is 0.625. The van der Waals surface area contributed by atoms with Crippen molar-refractivity contribution in [1.82, 2.24) is 10.6 Å². The first-order chi connectivity index (χ1) is 10.1. The Morgan fingerprint density at radius 3 is 2.86 bits per heavy atom. The van der Waals surface area contributed by atoms with Gasteiger partial charge in [0, 0.05) is 30.0 Å². The van der Waals surface area contributed by atoms with Crippen molar-refractivity contribution >= 4 is 23.2 Å². The molecule has 0 aromatic carbocycles. The Bertz CT molecular complexity index is 473. The summed E-state index contributed by atoms with van der Waals surface area (Å²) in [7, 11) is 0. The van der Waals surface area contributed by atoms with Crippen molar-refractivity contribution < 1.29 is 9.59 Å². The minimum absolute atomic E-state index is 0.0339. The van der Waals surface area contributed by atoms with Gasteiger partial charge in [-0.25, -0.2) is 0 Å². The first-order valence-electron chi connectivity index (χ1n) is 7.67. The molecule has 0 aliphatic heterocycles. The molecular weight excluding hydrogens is 284 g/mol.